The summed E-state index contributed by atoms with van der Waals surface area (Å²) in [4.78, 5) is 26.9. The highest BCUT2D eigenvalue weighted by Crippen LogP contribution is 2.16. The van der Waals surface area contributed by atoms with Gasteiger partial charge in [-0.1, -0.05) is 0 Å². The molecule has 0 aromatic rings. The van der Waals surface area contributed by atoms with Gasteiger partial charge in [-0.2, -0.15) is 0 Å². The molecule has 2 saturated heterocycles. The minimum absolute atomic E-state index is 0.0136. The molecule has 5 nitrogen and oxygen atoms in total. The van der Waals surface area contributed by atoms with E-state index >= 15 is 0 Å². The molecule has 0 aromatic heterocycles. The molecule has 0 N–H and O–H groups in total. The summed E-state index contributed by atoms with van der Waals surface area (Å²) >= 11 is 5.50. The Kier molecular flexibility index (Phi) is 4.23. The third-order valence-corrected chi connectivity index (χ3v) is 3.49. The predicted octanol–water partition coefficient (Wildman–Crippen LogP) is 0.0750. The fraction of sp³-hybridized carbons (Fsp3) is 0.818. The number of hydrogen-bond acceptors (Lipinski definition) is 3. The van der Waals surface area contributed by atoms with Gasteiger partial charge in [0.2, 0.25) is 5.91 Å². The van der Waals surface area contributed by atoms with Gasteiger partial charge in [0.25, 0.3) is 5.91 Å². The first-order valence-electron chi connectivity index (χ1n) is 5.96. The van der Waals surface area contributed by atoms with E-state index in [2.05, 4.69) is 0 Å². The van der Waals surface area contributed by atoms with Crippen LogP contribution in [0.15, 0.2) is 0 Å². The molecule has 0 unspecified atom stereocenters. The Labute approximate surface area is 106 Å². The standard InChI is InChI=1S/C11H17ClN2O3/c12-8-10(15)13-3-5-14(6-4-13)11(16)9-2-1-7-17-9/h9H,1-8H2/t9-/m1/s1. The summed E-state index contributed by atoms with van der Waals surface area (Å²) in [6, 6.07) is 0. The van der Waals surface area contributed by atoms with Gasteiger partial charge >= 0.3 is 0 Å². The van der Waals surface area contributed by atoms with Gasteiger partial charge in [-0.25, -0.2) is 0 Å². The lowest BCUT2D eigenvalue weighted by Gasteiger charge is -2.35. The van der Waals surface area contributed by atoms with E-state index in [4.69, 9.17) is 16.3 Å². The van der Waals surface area contributed by atoms with E-state index in [0.717, 1.165) is 12.8 Å². The monoisotopic (exact) mass is 260 g/mol. The Morgan fingerprint density at radius 2 is 1.82 bits per heavy atom. The minimum Gasteiger partial charge on any atom is -0.368 e. The molecule has 6 heteroatoms. The van der Waals surface area contributed by atoms with Gasteiger partial charge in [-0.3, -0.25) is 9.59 Å². The zero-order valence-electron chi connectivity index (χ0n) is 9.73. The fourth-order valence-corrected chi connectivity index (χ4v) is 2.41. The molecule has 17 heavy (non-hydrogen) atoms. The van der Waals surface area contributed by atoms with Crippen LogP contribution in [0.2, 0.25) is 0 Å². The molecule has 2 amide bonds. The lowest BCUT2D eigenvalue weighted by atomic mass is 10.2. The molecular formula is C11H17ClN2O3. The first kappa shape index (κ1) is 12.6. The summed E-state index contributed by atoms with van der Waals surface area (Å²) in [5.74, 6) is 0.0241. The quantitative estimate of drug-likeness (QED) is 0.661. The first-order valence-corrected chi connectivity index (χ1v) is 6.50. The molecule has 2 fully saturated rings. The molecule has 2 aliphatic rings. The molecule has 0 aromatic carbocycles. The predicted molar refractivity (Wildman–Crippen MR) is 62.9 cm³/mol. The van der Waals surface area contributed by atoms with E-state index in [0.29, 0.717) is 32.8 Å². The van der Waals surface area contributed by atoms with Gasteiger partial charge in [0.05, 0.1) is 0 Å². The molecule has 0 saturated carbocycles. The zero-order valence-corrected chi connectivity index (χ0v) is 10.5. The van der Waals surface area contributed by atoms with Crippen molar-refractivity contribution in [3.05, 3.63) is 0 Å². The van der Waals surface area contributed by atoms with Crippen LogP contribution in [-0.2, 0) is 14.3 Å². The molecule has 2 aliphatic heterocycles. The minimum atomic E-state index is -0.259. The molecule has 96 valence electrons. The maximum atomic E-state index is 12.0. The number of alkyl halides is 1. The van der Waals surface area contributed by atoms with Crippen LogP contribution in [0.5, 0.6) is 0 Å². The van der Waals surface area contributed by atoms with Crippen molar-refractivity contribution in [2.24, 2.45) is 0 Å². The molecule has 0 radical (unpaired) electrons. The second-order valence-electron chi connectivity index (χ2n) is 4.34. The van der Waals surface area contributed by atoms with Crippen LogP contribution in [0, 0.1) is 0 Å². The first-order chi connectivity index (χ1) is 8.22. The van der Waals surface area contributed by atoms with Crippen molar-refractivity contribution in [2.75, 3.05) is 38.7 Å². The van der Waals surface area contributed by atoms with Crippen molar-refractivity contribution in [1.29, 1.82) is 0 Å². The van der Waals surface area contributed by atoms with Crippen LogP contribution in [-0.4, -0.2) is 66.4 Å². The second-order valence-corrected chi connectivity index (χ2v) is 4.61. The van der Waals surface area contributed by atoms with Gasteiger partial charge in [0.15, 0.2) is 0 Å². The van der Waals surface area contributed by atoms with E-state index in [9.17, 15) is 9.59 Å². The number of amides is 2. The number of hydrogen-bond donors (Lipinski definition) is 0. The third-order valence-electron chi connectivity index (χ3n) is 3.26. The van der Waals surface area contributed by atoms with Crippen LogP contribution in [0.3, 0.4) is 0 Å². The van der Waals surface area contributed by atoms with Crippen molar-refractivity contribution >= 4 is 23.4 Å². The fourth-order valence-electron chi connectivity index (χ4n) is 2.24. The van der Waals surface area contributed by atoms with E-state index in [1.54, 1.807) is 9.80 Å². The Morgan fingerprint density at radius 1 is 1.18 bits per heavy atom. The smallest absolute Gasteiger partial charge is 0.251 e. The number of rotatable bonds is 2. The van der Waals surface area contributed by atoms with Crippen molar-refractivity contribution < 1.29 is 14.3 Å². The molecule has 0 spiro atoms. The third kappa shape index (κ3) is 2.90. The number of ether oxygens (including phenoxy) is 1. The summed E-state index contributed by atoms with van der Waals surface area (Å²) in [5, 5.41) is 0. The maximum Gasteiger partial charge on any atom is 0.251 e. The van der Waals surface area contributed by atoms with Crippen LogP contribution >= 0.6 is 11.6 Å². The number of nitrogens with zero attached hydrogens (tertiary/aromatic N) is 2. The second kappa shape index (κ2) is 5.69. The number of carbonyl (C=O) groups excluding carboxylic acids is 2. The van der Waals surface area contributed by atoms with Crippen molar-refractivity contribution in [1.82, 2.24) is 9.80 Å². The highest BCUT2D eigenvalue weighted by atomic mass is 35.5. The number of carbonyl (C=O) groups is 2. The lowest BCUT2D eigenvalue weighted by molar-refractivity contribution is -0.145. The van der Waals surface area contributed by atoms with E-state index in [1.165, 1.54) is 0 Å². The van der Waals surface area contributed by atoms with Crippen LogP contribution in [0.25, 0.3) is 0 Å². The largest absolute Gasteiger partial charge is 0.368 e. The van der Waals surface area contributed by atoms with Crippen molar-refractivity contribution in [3.8, 4) is 0 Å². The van der Waals surface area contributed by atoms with E-state index in [-0.39, 0.29) is 23.8 Å². The Morgan fingerprint density at radius 3 is 2.35 bits per heavy atom. The Hall–Kier alpha value is -0.810. The summed E-state index contributed by atoms with van der Waals surface area (Å²) in [6.45, 7) is 3.00. The van der Waals surface area contributed by atoms with Gasteiger partial charge in [-0.15, -0.1) is 11.6 Å². The topological polar surface area (TPSA) is 49.9 Å². The highest BCUT2D eigenvalue weighted by Gasteiger charge is 2.30. The van der Waals surface area contributed by atoms with Crippen LogP contribution < -0.4 is 0 Å². The SMILES string of the molecule is O=C(CCl)N1CCN(C(=O)[C@H]2CCCO2)CC1. The molecule has 1 atom stereocenters. The van der Waals surface area contributed by atoms with Crippen LogP contribution in [0.1, 0.15) is 12.8 Å². The van der Waals surface area contributed by atoms with Gasteiger partial charge in [0.1, 0.15) is 12.0 Å². The van der Waals surface area contributed by atoms with Gasteiger partial charge < -0.3 is 14.5 Å². The van der Waals surface area contributed by atoms with Crippen molar-refractivity contribution in [2.45, 2.75) is 18.9 Å². The molecule has 0 aliphatic carbocycles. The Bertz CT molecular complexity index is 297. The summed E-state index contributed by atoms with van der Waals surface area (Å²) in [6.07, 6.45) is 1.52. The lowest BCUT2D eigenvalue weighted by Crippen LogP contribution is -2.53. The van der Waals surface area contributed by atoms with E-state index in [1.807, 2.05) is 0 Å². The number of piperazine rings is 1. The highest BCUT2D eigenvalue weighted by molar-refractivity contribution is 6.27. The average Bonchev–Trinajstić information content (AvgIpc) is 2.91. The number of halogens is 1. The van der Waals surface area contributed by atoms with E-state index < -0.39 is 0 Å². The van der Waals surface area contributed by atoms with Gasteiger partial charge in [0, 0.05) is 32.8 Å². The average molecular weight is 261 g/mol. The van der Waals surface area contributed by atoms with Crippen LogP contribution in [0.4, 0.5) is 0 Å². The normalized spacial score (nSPS) is 25.1. The van der Waals surface area contributed by atoms with Gasteiger partial charge in [-0.05, 0) is 12.8 Å². The Balaban J connectivity index is 1.82. The summed E-state index contributed by atoms with van der Waals surface area (Å²) in [7, 11) is 0. The molecule has 2 rings (SSSR count). The molecular weight excluding hydrogens is 244 g/mol. The zero-order chi connectivity index (χ0) is 12.3. The molecule has 0 bridgehead atoms. The summed E-state index contributed by atoms with van der Waals surface area (Å²) < 4.78 is 5.37. The summed E-state index contributed by atoms with van der Waals surface area (Å²) in [5.41, 5.74) is 0. The molecule has 2 heterocycles. The maximum absolute atomic E-state index is 12.0. The van der Waals surface area contributed by atoms with Crippen molar-refractivity contribution in [3.63, 3.8) is 0 Å².